The summed E-state index contributed by atoms with van der Waals surface area (Å²) in [5.74, 6) is -0.276. The first-order valence-electron chi connectivity index (χ1n) is 9.08. The van der Waals surface area contributed by atoms with E-state index in [1.165, 1.54) is 12.1 Å². The number of nitrogens with two attached hydrogens (primary N) is 1. The molecule has 1 saturated heterocycles. The van der Waals surface area contributed by atoms with Crippen molar-refractivity contribution in [2.45, 2.75) is 19.3 Å². The van der Waals surface area contributed by atoms with E-state index in [4.69, 9.17) is 22.1 Å². The Labute approximate surface area is 168 Å². The van der Waals surface area contributed by atoms with Crippen molar-refractivity contribution >= 4 is 23.4 Å². The standard InChI is InChI=1S/C21H22ClFN2O3/c22-16-3-1-15(2-4-16)20(27)25-11-9-21(10-12-25,13-19(24)26)14-28-18-7-5-17(23)6-8-18/h1-8H,9-14H2,(H2,24,26). The number of carbonyl (C=O) groups is 2. The lowest BCUT2D eigenvalue weighted by Crippen LogP contribution is -2.47. The zero-order chi connectivity index (χ0) is 20.1. The minimum atomic E-state index is -0.447. The summed E-state index contributed by atoms with van der Waals surface area (Å²) in [7, 11) is 0. The Balaban J connectivity index is 1.65. The van der Waals surface area contributed by atoms with Gasteiger partial charge in [-0.25, -0.2) is 4.39 Å². The molecule has 2 N–H and O–H groups in total. The SMILES string of the molecule is NC(=O)CC1(COc2ccc(F)cc2)CCN(C(=O)c2ccc(Cl)cc2)CC1. The molecule has 0 aliphatic carbocycles. The molecule has 1 aliphatic rings. The van der Waals surface area contributed by atoms with E-state index in [0.717, 1.165) is 0 Å². The van der Waals surface area contributed by atoms with Gasteiger partial charge in [0.05, 0.1) is 6.61 Å². The molecule has 1 fully saturated rings. The molecule has 2 aromatic rings. The van der Waals surface area contributed by atoms with Crippen LogP contribution in [0.25, 0.3) is 0 Å². The van der Waals surface area contributed by atoms with Gasteiger partial charge in [-0.15, -0.1) is 0 Å². The van der Waals surface area contributed by atoms with E-state index in [9.17, 15) is 14.0 Å². The summed E-state index contributed by atoms with van der Waals surface area (Å²) >= 11 is 5.88. The molecule has 28 heavy (non-hydrogen) atoms. The Kier molecular flexibility index (Phi) is 6.19. The summed E-state index contributed by atoms with van der Waals surface area (Å²) < 4.78 is 18.9. The summed E-state index contributed by atoms with van der Waals surface area (Å²) in [6, 6.07) is 12.5. The monoisotopic (exact) mass is 404 g/mol. The largest absolute Gasteiger partial charge is 0.493 e. The van der Waals surface area contributed by atoms with Crippen LogP contribution in [0.3, 0.4) is 0 Å². The number of nitrogens with zero attached hydrogens (tertiary/aromatic N) is 1. The Morgan fingerprint density at radius 2 is 1.68 bits per heavy atom. The number of carbonyl (C=O) groups excluding carboxylic acids is 2. The molecule has 2 amide bonds. The fourth-order valence-electron chi connectivity index (χ4n) is 3.47. The highest BCUT2D eigenvalue weighted by Gasteiger charge is 2.38. The van der Waals surface area contributed by atoms with Crippen LogP contribution in [-0.2, 0) is 4.79 Å². The molecule has 1 heterocycles. The number of rotatable bonds is 6. The first-order valence-corrected chi connectivity index (χ1v) is 9.46. The molecular formula is C21H22ClFN2O3. The number of halogens is 2. The maximum Gasteiger partial charge on any atom is 0.253 e. The summed E-state index contributed by atoms with van der Waals surface area (Å²) in [5, 5.41) is 0.577. The van der Waals surface area contributed by atoms with Crippen molar-refractivity contribution in [2.24, 2.45) is 11.1 Å². The molecule has 1 aliphatic heterocycles. The molecule has 0 atom stereocenters. The van der Waals surface area contributed by atoms with Gasteiger partial charge in [-0.3, -0.25) is 9.59 Å². The molecule has 3 rings (SSSR count). The van der Waals surface area contributed by atoms with Gasteiger partial charge in [0.2, 0.25) is 5.91 Å². The lowest BCUT2D eigenvalue weighted by molar-refractivity contribution is -0.121. The number of benzene rings is 2. The van der Waals surface area contributed by atoms with Gasteiger partial charge in [0.1, 0.15) is 11.6 Å². The minimum Gasteiger partial charge on any atom is -0.493 e. The van der Waals surface area contributed by atoms with Crippen molar-refractivity contribution in [2.75, 3.05) is 19.7 Å². The highest BCUT2D eigenvalue weighted by molar-refractivity contribution is 6.30. The zero-order valence-electron chi connectivity index (χ0n) is 15.4. The van der Waals surface area contributed by atoms with Crippen molar-refractivity contribution in [1.29, 1.82) is 0 Å². The normalized spacial score (nSPS) is 15.9. The Bertz CT molecular complexity index is 832. The lowest BCUT2D eigenvalue weighted by Gasteiger charge is -2.41. The predicted octanol–water partition coefficient (Wildman–Crippen LogP) is 3.66. The van der Waals surface area contributed by atoms with Crippen LogP contribution < -0.4 is 10.5 Å². The quantitative estimate of drug-likeness (QED) is 0.798. The van der Waals surface area contributed by atoms with Crippen molar-refractivity contribution in [3.8, 4) is 5.75 Å². The highest BCUT2D eigenvalue weighted by Crippen LogP contribution is 2.36. The molecule has 0 radical (unpaired) electrons. The van der Waals surface area contributed by atoms with Crippen molar-refractivity contribution in [1.82, 2.24) is 4.90 Å². The van der Waals surface area contributed by atoms with Crippen molar-refractivity contribution in [3.05, 3.63) is 64.9 Å². The zero-order valence-corrected chi connectivity index (χ0v) is 16.1. The molecule has 5 nitrogen and oxygen atoms in total. The van der Waals surface area contributed by atoms with Crippen molar-refractivity contribution < 1.29 is 18.7 Å². The van der Waals surface area contributed by atoms with Crippen LogP contribution in [0.2, 0.25) is 5.02 Å². The molecule has 0 aromatic heterocycles. The van der Waals surface area contributed by atoms with Crippen LogP contribution in [0.15, 0.2) is 48.5 Å². The number of piperidine rings is 1. The van der Waals surface area contributed by atoms with Gasteiger partial charge in [0.25, 0.3) is 5.91 Å². The Morgan fingerprint density at radius 1 is 1.07 bits per heavy atom. The Hall–Kier alpha value is -2.60. The van der Waals surface area contributed by atoms with Gasteiger partial charge >= 0.3 is 0 Å². The number of amides is 2. The minimum absolute atomic E-state index is 0.0659. The highest BCUT2D eigenvalue weighted by atomic mass is 35.5. The predicted molar refractivity (Wildman–Crippen MR) is 105 cm³/mol. The summed E-state index contributed by atoms with van der Waals surface area (Å²) in [6.07, 6.45) is 1.37. The Morgan fingerprint density at radius 3 is 2.25 bits per heavy atom. The smallest absolute Gasteiger partial charge is 0.253 e. The lowest BCUT2D eigenvalue weighted by atomic mass is 9.76. The van der Waals surface area contributed by atoms with E-state index in [1.807, 2.05) is 0 Å². The van der Waals surface area contributed by atoms with E-state index in [0.29, 0.717) is 42.3 Å². The number of hydrogen-bond donors (Lipinski definition) is 1. The van der Waals surface area contributed by atoms with E-state index in [1.54, 1.807) is 41.3 Å². The third-order valence-electron chi connectivity index (χ3n) is 5.11. The topological polar surface area (TPSA) is 72.6 Å². The van der Waals surface area contributed by atoms with Crippen LogP contribution in [0.4, 0.5) is 4.39 Å². The molecule has 2 aromatic carbocycles. The second-order valence-corrected chi connectivity index (χ2v) is 7.62. The third kappa shape index (κ3) is 5.01. The molecule has 0 spiro atoms. The number of ether oxygens (including phenoxy) is 1. The van der Waals surface area contributed by atoms with Crippen LogP contribution in [0, 0.1) is 11.2 Å². The van der Waals surface area contributed by atoms with Gasteiger partial charge in [-0.05, 0) is 61.4 Å². The maximum atomic E-state index is 13.0. The second kappa shape index (κ2) is 8.61. The number of hydrogen-bond acceptors (Lipinski definition) is 3. The molecule has 0 saturated carbocycles. The first-order chi connectivity index (χ1) is 13.4. The molecular weight excluding hydrogens is 383 g/mol. The summed E-state index contributed by atoms with van der Waals surface area (Å²) in [5.41, 5.74) is 5.59. The fraction of sp³-hybridized carbons (Fsp3) is 0.333. The molecule has 148 valence electrons. The third-order valence-corrected chi connectivity index (χ3v) is 5.36. The van der Waals surface area contributed by atoms with Gasteiger partial charge in [-0.2, -0.15) is 0 Å². The number of likely N-dealkylation sites (tertiary alicyclic amines) is 1. The van der Waals surface area contributed by atoms with Crippen LogP contribution in [-0.4, -0.2) is 36.4 Å². The van der Waals surface area contributed by atoms with Gasteiger partial charge in [0, 0.05) is 35.5 Å². The van der Waals surface area contributed by atoms with Crippen molar-refractivity contribution in [3.63, 3.8) is 0 Å². The van der Waals surface area contributed by atoms with Crippen LogP contribution in [0.1, 0.15) is 29.6 Å². The van der Waals surface area contributed by atoms with Gasteiger partial charge in [0.15, 0.2) is 0 Å². The second-order valence-electron chi connectivity index (χ2n) is 7.18. The molecule has 7 heteroatoms. The van der Waals surface area contributed by atoms with E-state index in [2.05, 4.69) is 0 Å². The number of primary amides is 1. The average molecular weight is 405 g/mol. The van der Waals surface area contributed by atoms with Gasteiger partial charge < -0.3 is 15.4 Å². The average Bonchev–Trinajstić information content (AvgIpc) is 2.68. The van der Waals surface area contributed by atoms with E-state index >= 15 is 0 Å². The van der Waals surface area contributed by atoms with Gasteiger partial charge in [-0.1, -0.05) is 11.6 Å². The molecule has 0 bridgehead atoms. The molecule has 0 unspecified atom stereocenters. The first kappa shape index (κ1) is 20.1. The summed E-state index contributed by atoms with van der Waals surface area (Å²) in [6.45, 7) is 1.29. The van der Waals surface area contributed by atoms with Crippen LogP contribution in [0.5, 0.6) is 5.75 Å². The summed E-state index contributed by atoms with van der Waals surface area (Å²) in [4.78, 5) is 26.1. The van der Waals surface area contributed by atoms with E-state index in [-0.39, 0.29) is 24.8 Å². The maximum absolute atomic E-state index is 13.0. The fourth-order valence-corrected chi connectivity index (χ4v) is 3.59. The van der Waals surface area contributed by atoms with Crippen LogP contribution >= 0.6 is 11.6 Å². The van der Waals surface area contributed by atoms with E-state index < -0.39 is 11.3 Å².